The minimum Gasteiger partial charge on any atom is -0.466 e. The van der Waals surface area contributed by atoms with Crippen molar-refractivity contribution < 1.29 is 27.8 Å². The Morgan fingerprint density at radius 1 is 1.38 bits per heavy atom. The van der Waals surface area contributed by atoms with E-state index in [0.29, 0.717) is 5.56 Å². The van der Waals surface area contributed by atoms with Crippen LogP contribution >= 0.6 is 0 Å². The molecule has 1 saturated carbocycles. The van der Waals surface area contributed by atoms with Crippen molar-refractivity contribution in [2.24, 2.45) is 5.92 Å². The number of ketones is 1. The predicted octanol–water partition coefficient (Wildman–Crippen LogP) is 2.91. The van der Waals surface area contributed by atoms with Gasteiger partial charge < -0.3 is 9.47 Å². The summed E-state index contributed by atoms with van der Waals surface area (Å²) in [5.74, 6) is -1.70. The molecule has 1 aromatic rings. The van der Waals surface area contributed by atoms with Crippen LogP contribution in [0.25, 0.3) is 0 Å². The number of Topliss-reactive ketones (excluding diaryl/α,β-unsaturated/α-hetero) is 1. The summed E-state index contributed by atoms with van der Waals surface area (Å²) in [6.07, 6.45) is 0.341. The van der Waals surface area contributed by atoms with Crippen LogP contribution in [-0.4, -0.2) is 25.0 Å². The summed E-state index contributed by atoms with van der Waals surface area (Å²) in [5, 5.41) is 0. The molecule has 2 rings (SSSR count). The van der Waals surface area contributed by atoms with Crippen molar-refractivity contribution in [1.29, 1.82) is 0 Å². The Balaban J connectivity index is 2.19. The summed E-state index contributed by atoms with van der Waals surface area (Å²) in [5.41, 5.74) is 0.398. The van der Waals surface area contributed by atoms with Gasteiger partial charge in [-0.25, -0.2) is 0 Å². The first-order chi connectivity index (χ1) is 10.0. The number of alkyl halides is 2. The van der Waals surface area contributed by atoms with E-state index in [2.05, 4.69) is 4.74 Å². The molecule has 4 nitrogen and oxygen atoms in total. The Hall–Kier alpha value is -1.98. The molecule has 6 heteroatoms. The maximum absolute atomic E-state index is 12.4. The third-order valence-corrected chi connectivity index (χ3v) is 3.49. The van der Waals surface area contributed by atoms with Gasteiger partial charge in [-0.3, -0.25) is 9.59 Å². The summed E-state index contributed by atoms with van der Waals surface area (Å²) in [4.78, 5) is 23.8. The Kier molecular flexibility index (Phi) is 4.88. The van der Waals surface area contributed by atoms with Gasteiger partial charge in [-0.05, 0) is 19.4 Å². The minimum atomic E-state index is -2.96. The molecule has 0 amide bonds. The lowest BCUT2D eigenvalue weighted by molar-refractivity contribution is -0.148. The Morgan fingerprint density at radius 3 is 2.76 bits per heavy atom. The summed E-state index contributed by atoms with van der Waals surface area (Å²) in [7, 11) is 0. The first-order valence-corrected chi connectivity index (χ1v) is 6.76. The molecule has 0 unspecified atom stereocenters. The SMILES string of the molecule is CCOC(=O)[C@H]1CC(=O)[C@H](c2ccccc2OC(F)F)C1. The lowest BCUT2D eigenvalue weighted by atomic mass is 9.95. The molecule has 2 atom stereocenters. The quantitative estimate of drug-likeness (QED) is 0.784. The molecular formula is C15H16F2O4. The van der Waals surface area contributed by atoms with Crippen molar-refractivity contribution in [2.45, 2.75) is 32.3 Å². The molecule has 1 aliphatic rings. The van der Waals surface area contributed by atoms with E-state index in [1.807, 2.05) is 0 Å². The van der Waals surface area contributed by atoms with E-state index in [9.17, 15) is 18.4 Å². The van der Waals surface area contributed by atoms with Crippen LogP contribution in [0.15, 0.2) is 24.3 Å². The highest BCUT2D eigenvalue weighted by atomic mass is 19.3. The number of halogens is 2. The summed E-state index contributed by atoms with van der Waals surface area (Å²) < 4.78 is 34.2. The number of hydrogen-bond donors (Lipinski definition) is 0. The van der Waals surface area contributed by atoms with Crippen LogP contribution in [0, 0.1) is 5.92 Å². The number of hydrogen-bond acceptors (Lipinski definition) is 4. The van der Waals surface area contributed by atoms with Crippen molar-refractivity contribution in [3.8, 4) is 5.75 Å². The third-order valence-electron chi connectivity index (χ3n) is 3.49. The molecule has 0 aliphatic heterocycles. The van der Waals surface area contributed by atoms with Gasteiger partial charge in [0, 0.05) is 17.9 Å². The molecule has 0 spiro atoms. The van der Waals surface area contributed by atoms with Crippen LogP contribution in [0.4, 0.5) is 8.78 Å². The van der Waals surface area contributed by atoms with E-state index in [4.69, 9.17) is 4.74 Å². The average molecular weight is 298 g/mol. The zero-order valence-electron chi connectivity index (χ0n) is 11.6. The topological polar surface area (TPSA) is 52.6 Å². The highest BCUT2D eigenvalue weighted by Gasteiger charge is 2.39. The van der Waals surface area contributed by atoms with E-state index in [1.54, 1.807) is 25.1 Å². The molecule has 0 saturated heterocycles. The number of ether oxygens (including phenoxy) is 2. The molecule has 0 aromatic heterocycles. The fourth-order valence-corrected chi connectivity index (χ4v) is 2.60. The number of carbonyl (C=O) groups is 2. The van der Waals surface area contributed by atoms with E-state index >= 15 is 0 Å². The van der Waals surface area contributed by atoms with Crippen molar-refractivity contribution >= 4 is 11.8 Å². The van der Waals surface area contributed by atoms with Gasteiger partial charge in [0.15, 0.2) is 0 Å². The second-order valence-electron chi connectivity index (χ2n) is 4.82. The van der Waals surface area contributed by atoms with Gasteiger partial charge in [0.2, 0.25) is 0 Å². The Bertz CT molecular complexity index is 530. The van der Waals surface area contributed by atoms with Gasteiger partial charge in [-0.2, -0.15) is 8.78 Å². The van der Waals surface area contributed by atoms with Crippen LogP contribution in [0.2, 0.25) is 0 Å². The Morgan fingerprint density at radius 2 is 2.10 bits per heavy atom. The first-order valence-electron chi connectivity index (χ1n) is 6.76. The van der Waals surface area contributed by atoms with Crippen molar-refractivity contribution in [3.05, 3.63) is 29.8 Å². The molecule has 0 N–H and O–H groups in total. The molecular weight excluding hydrogens is 282 g/mol. The molecule has 1 aromatic carbocycles. The molecule has 0 heterocycles. The van der Waals surface area contributed by atoms with E-state index in [-0.39, 0.29) is 31.0 Å². The van der Waals surface area contributed by atoms with Crippen LogP contribution in [0.5, 0.6) is 5.75 Å². The van der Waals surface area contributed by atoms with Gasteiger partial charge in [-0.15, -0.1) is 0 Å². The van der Waals surface area contributed by atoms with Crippen molar-refractivity contribution in [3.63, 3.8) is 0 Å². The molecule has 21 heavy (non-hydrogen) atoms. The minimum absolute atomic E-state index is 0.0182. The molecule has 0 radical (unpaired) electrons. The summed E-state index contributed by atoms with van der Waals surface area (Å²) in [6.45, 7) is -1.01. The largest absolute Gasteiger partial charge is 0.466 e. The zero-order chi connectivity index (χ0) is 15.4. The monoisotopic (exact) mass is 298 g/mol. The normalized spacial score (nSPS) is 21.6. The standard InChI is InChI=1S/C15H16F2O4/c1-2-20-14(19)9-7-11(12(18)8-9)10-5-3-4-6-13(10)21-15(16)17/h3-6,9,11,15H,2,7-8H2,1H3/t9-,11+/m1/s1. The van der Waals surface area contributed by atoms with Gasteiger partial charge in [0.1, 0.15) is 11.5 Å². The highest BCUT2D eigenvalue weighted by molar-refractivity contribution is 5.93. The van der Waals surface area contributed by atoms with Crippen molar-refractivity contribution in [2.75, 3.05) is 6.61 Å². The van der Waals surface area contributed by atoms with Gasteiger partial charge in [0.05, 0.1) is 12.5 Å². The summed E-state index contributed by atoms with van der Waals surface area (Å²) >= 11 is 0. The van der Waals surface area contributed by atoms with Gasteiger partial charge in [-0.1, -0.05) is 18.2 Å². The lowest BCUT2D eigenvalue weighted by Gasteiger charge is -2.15. The fourth-order valence-electron chi connectivity index (χ4n) is 2.60. The number of rotatable bonds is 5. The van der Waals surface area contributed by atoms with Crippen LogP contribution in [-0.2, 0) is 14.3 Å². The zero-order valence-corrected chi connectivity index (χ0v) is 11.6. The van der Waals surface area contributed by atoms with Crippen molar-refractivity contribution in [1.82, 2.24) is 0 Å². The molecule has 1 fully saturated rings. The number of carbonyl (C=O) groups excluding carboxylic acids is 2. The fraction of sp³-hybridized carbons (Fsp3) is 0.467. The number of esters is 1. The second-order valence-corrected chi connectivity index (χ2v) is 4.82. The number of benzene rings is 1. The van der Waals surface area contributed by atoms with E-state index in [1.165, 1.54) is 6.07 Å². The molecule has 0 bridgehead atoms. The smallest absolute Gasteiger partial charge is 0.387 e. The second kappa shape index (κ2) is 6.65. The van der Waals surface area contributed by atoms with Crippen LogP contribution in [0.1, 0.15) is 31.2 Å². The highest BCUT2D eigenvalue weighted by Crippen LogP contribution is 2.40. The van der Waals surface area contributed by atoms with Crippen LogP contribution < -0.4 is 4.74 Å². The van der Waals surface area contributed by atoms with Gasteiger partial charge >= 0.3 is 12.6 Å². The maximum atomic E-state index is 12.4. The molecule has 114 valence electrons. The maximum Gasteiger partial charge on any atom is 0.387 e. The van der Waals surface area contributed by atoms with E-state index < -0.39 is 24.4 Å². The van der Waals surface area contributed by atoms with Gasteiger partial charge in [0.25, 0.3) is 0 Å². The molecule has 1 aliphatic carbocycles. The van der Waals surface area contributed by atoms with Crippen LogP contribution in [0.3, 0.4) is 0 Å². The predicted molar refractivity (Wildman–Crippen MR) is 70.2 cm³/mol. The summed E-state index contributed by atoms with van der Waals surface area (Å²) in [6, 6.07) is 6.18. The number of para-hydroxylation sites is 1. The van der Waals surface area contributed by atoms with E-state index in [0.717, 1.165) is 0 Å². The first kappa shape index (κ1) is 15.4. The average Bonchev–Trinajstić information content (AvgIpc) is 2.81. The lowest BCUT2D eigenvalue weighted by Crippen LogP contribution is -2.15. The Labute approximate surface area is 121 Å². The third kappa shape index (κ3) is 3.56.